The molecule has 1 fully saturated rings. The molecule has 0 bridgehead atoms. The molecule has 1 saturated heterocycles. The van der Waals surface area contributed by atoms with Crippen LogP contribution in [-0.2, 0) is 9.59 Å². The van der Waals surface area contributed by atoms with E-state index in [-0.39, 0.29) is 5.57 Å². The number of hydrogen-bond donors (Lipinski definition) is 1. The zero-order valence-electron chi connectivity index (χ0n) is 15.0. The molecule has 4 amide bonds. The first kappa shape index (κ1) is 18.7. The Kier molecular flexibility index (Phi) is 5.01. The lowest BCUT2D eigenvalue weighted by atomic mass is 10.0. The van der Waals surface area contributed by atoms with Gasteiger partial charge in [-0.2, -0.15) is 0 Å². The van der Waals surface area contributed by atoms with Crippen molar-refractivity contribution in [1.82, 2.24) is 5.32 Å². The van der Waals surface area contributed by atoms with Crippen LogP contribution in [0.1, 0.15) is 16.7 Å². The van der Waals surface area contributed by atoms with Gasteiger partial charge in [0.05, 0.1) is 12.8 Å². The van der Waals surface area contributed by atoms with E-state index < -0.39 is 17.8 Å². The van der Waals surface area contributed by atoms with Crippen LogP contribution in [-0.4, -0.2) is 25.0 Å². The van der Waals surface area contributed by atoms with Crippen LogP contribution < -0.4 is 15.0 Å². The number of urea groups is 1. The van der Waals surface area contributed by atoms with Crippen molar-refractivity contribution < 1.29 is 19.1 Å². The molecule has 1 N–H and O–H groups in total. The number of carbonyl (C=O) groups excluding carboxylic acids is 3. The molecule has 0 spiro atoms. The fourth-order valence-electron chi connectivity index (χ4n) is 2.95. The van der Waals surface area contributed by atoms with Crippen molar-refractivity contribution in [3.8, 4) is 5.75 Å². The number of hydrogen-bond acceptors (Lipinski definition) is 4. The van der Waals surface area contributed by atoms with Crippen molar-refractivity contribution in [2.45, 2.75) is 13.8 Å². The first-order chi connectivity index (χ1) is 12.8. The predicted octanol–water partition coefficient (Wildman–Crippen LogP) is 3.63. The Labute approximate surface area is 161 Å². The van der Waals surface area contributed by atoms with E-state index in [0.717, 1.165) is 16.0 Å². The molecule has 7 heteroatoms. The SMILES string of the molecule is COc1ccc(Cl)cc1C=C1C(=O)NC(=O)N(c2cc(C)cc(C)c2)C1=O. The van der Waals surface area contributed by atoms with E-state index in [0.29, 0.717) is 22.0 Å². The molecule has 0 unspecified atom stereocenters. The topological polar surface area (TPSA) is 75.7 Å². The average Bonchev–Trinajstić information content (AvgIpc) is 2.57. The maximum atomic E-state index is 13.0. The number of carbonyl (C=O) groups is 3. The highest BCUT2D eigenvalue weighted by atomic mass is 35.5. The number of ether oxygens (including phenoxy) is 1. The number of amides is 4. The highest BCUT2D eigenvalue weighted by Gasteiger charge is 2.37. The number of anilines is 1. The summed E-state index contributed by atoms with van der Waals surface area (Å²) >= 11 is 6.01. The molecule has 2 aromatic carbocycles. The van der Waals surface area contributed by atoms with E-state index in [1.807, 2.05) is 19.9 Å². The predicted molar refractivity (Wildman–Crippen MR) is 103 cm³/mol. The van der Waals surface area contributed by atoms with Gasteiger partial charge in [-0.3, -0.25) is 14.9 Å². The standard InChI is InChI=1S/C20H17ClN2O4/c1-11-6-12(2)8-15(7-11)23-19(25)16(18(24)22-20(23)26)10-13-9-14(21)4-5-17(13)27-3/h4-10H,1-3H3,(H,22,24,26). The lowest BCUT2D eigenvalue weighted by Gasteiger charge is -2.27. The minimum Gasteiger partial charge on any atom is -0.496 e. The second-order valence-electron chi connectivity index (χ2n) is 6.19. The summed E-state index contributed by atoms with van der Waals surface area (Å²) in [7, 11) is 1.47. The van der Waals surface area contributed by atoms with Gasteiger partial charge in [-0.25, -0.2) is 9.69 Å². The van der Waals surface area contributed by atoms with Gasteiger partial charge in [-0.1, -0.05) is 17.7 Å². The Bertz CT molecular complexity index is 977. The first-order valence-corrected chi connectivity index (χ1v) is 8.51. The van der Waals surface area contributed by atoms with Gasteiger partial charge in [0.1, 0.15) is 11.3 Å². The summed E-state index contributed by atoms with van der Waals surface area (Å²) in [6.07, 6.45) is 1.37. The Morgan fingerprint density at radius 1 is 1.04 bits per heavy atom. The summed E-state index contributed by atoms with van der Waals surface area (Å²) in [4.78, 5) is 38.5. The van der Waals surface area contributed by atoms with Crippen LogP contribution in [0.5, 0.6) is 5.75 Å². The van der Waals surface area contributed by atoms with Gasteiger partial charge in [-0.15, -0.1) is 0 Å². The molecule has 0 saturated carbocycles. The third kappa shape index (κ3) is 3.71. The molecule has 1 aliphatic heterocycles. The molecular weight excluding hydrogens is 368 g/mol. The van der Waals surface area contributed by atoms with Gasteiger partial charge in [0, 0.05) is 10.6 Å². The summed E-state index contributed by atoms with van der Waals surface area (Å²) < 4.78 is 5.25. The molecule has 27 heavy (non-hydrogen) atoms. The van der Waals surface area contributed by atoms with Gasteiger partial charge in [0.2, 0.25) is 0 Å². The average molecular weight is 385 g/mol. The second kappa shape index (κ2) is 7.25. The maximum Gasteiger partial charge on any atom is 0.335 e. The van der Waals surface area contributed by atoms with Crippen molar-refractivity contribution in [2.24, 2.45) is 0 Å². The summed E-state index contributed by atoms with van der Waals surface area (Å²) in [5, 5.41) is 2.63. The minimum absolute atomic E-state index is 0.186. The van der Waals surface area contributed by atoms with Crippen LogP contribution in [0.15, 0.2) is 42.0 Å². The summed E-state index contributed by atoms with van der Waals surface area (Å²) in [6, 6.07) is 9.39. The summed E-state index contributed by atoms with van der Waals surface area (Å²) in [6.45, 7) is 3.73. The Balaban J connectivity index is 2.09. The van der Waals surface area contributed by atoms with Gasteiger partial charge in [-0.05, 0) is 61.4 Å². The zero-order valence-corrected chi connectivity index (χ0v) is 15.8. The molecule has 2 aromatic rings. The van der Waals surface area contributed by atoms with Gasteiger partial charge < -0.3 is 4.74 Å². The molecule has 0 atom stereocenters. The van der Waals surface area contributed by atoms with E-state index in [4.69, 9.17) is 16.3 Å². The monoisotopic (exact) mass is 384 g/mol. The highest BCUT2D eigenvalue weighted by Crippen LogP contribution is 2.28. The number of nitrogens with zero attached hydrogens (tertiary/aromatic N) is 1. The van der Waals surface area contributed by atoms with Crippen molar-refractivity contribution in [2.75, 3.05) is 12.0 Å². The smallest absolute Gasteiger partial charge is 0.335 e. The molecule has 138 valence electrons. The number of methoxy groups -OCH3 is 1. The summed E-state index contributed by atoms with van der Waals surface area (Å²) in [5.41, 5.74) is 2.45. The minimum atomic E-state index is -0.787. The molecule has 0 radical (unpaired) electrons. The van der Waals surface area contributed by atoms with Crippen LogP contribution in [0.25, 0.3) is 6.08 Å². The van der Waals surface area contributed by atoms with E-state index in [2.05, 4.69) is 5.32 Å². The lowest BCUT2D eigenvalue weighted by Crippen LogP contribution is -2.54. The lowest BCUT2D eigenvalue weighted by molar-refractivity contribution is -0.122. The van der Waals surface area contributed by atoms with Crippen LogP contribution >= 0.6 is 11.6 Å². The van der Waals surface area contributed by atoms with Gasteiger partial charge in [0.15, 0.2) is 0 Å². The third-order valence-corrected chi connectivity index (χ3v) is 4.29. The molecule has 3 rings (SSSR count). The number of benzene rings is 2. The fraction of sp³-hybridized carbons (Fsp3) is 0.150. The van der Waals surface area contributed by atoms with Crippen LogP contribution in [0, 0.1) is 13.8 Å². The van der Waals surface area contributed by atoms with Crippen molar-refractivity contribution >= 4 is 41.2 Å². The van der Waals surface area contributed by atoms with E-state index in [1.165, 1.54) is 13.2 Å². The fourth-order valence-corrected chi connectivity index (χ4v) is 3.13. The summed E-state index contributed by atoms with van der Waals surface area (Å²) in [5.74, 6) is -1.04. The Hall–Kier alpha value is -3.12. The Morgan fingerprint density at radius 3 is 2.33 bits per heavy atom. The number of imide groups is 2. The van der Waals surface area contributed by atoms with E-state index >= 15 is 0 Å². The molecule has 6 nitrogen and oxygen atoms in total. The number of aryl methyl sites for hydroxylation is 2. The van der Waals surface area contributed by atoms with Gasteiger partial charge in [0.25, 0.3) is 11.8 Å². The highest BCUT2D eigenvalue weighted by molar-refractivity contribution is 6.39. The second-order valence-corrected chi connectivity index (χ2v) is 6.63. The third-order valence-electron chi connectivity index (χ3n) is 4.06. The molecule has 1 aliphatic rings. The molecule has 0 aliphatic carbocycles. The number of halogens is 1. The van der Waals surface area contributed by atoms with E-state index in [1.54, 1.807) is 30.3 Å². The zero-order chi connectivity index (χ0) is 19.7. The van der Waals surface area contributed by atoms with Crippen molar-refractivity contribution in [3.05, 3.63) is 63.7 Å². The normalized spacial score (nSPS) is 15.9. The largest absolute Gasteiger partial charge is 0.496 e. The maximum absolute atomic E-state index is 13.0. The van der Waals surface area contributed by atoms with Crippen molar-refractivity contribution in [1.29, 1.82) is 0 Å². The quantitative estimate of drug-likeness (QED) is 0.647. The number of nitrogens with one attached hydrogen (secondary N) is 1. The van der Waals surface area contributed by atoms with Crippen LogP contribution in [0.2, 0.25) is 5.02 Å². The van der Waals surface area contributed by atoms with Gasteiger partial charge >= 0.3 is 6.03 Å². The van der Waals surface area contributed by atoms with E-state index in [9.17, 15) is 14.4 Å². The van der Waals surface area contributed by atoms with Crippen LogP contribution in [0.3, 0.4) is 0 Å². The molecule has 0 aromatic heterocycles. The van der Waals surface area contributed by atoms with Crippen molar-refractivity contribution in [3.63, 3.8) is 0 Å². The molecular formula is C20H17ClN2O4. The number of rotatable bonds is 3. The van der Waals surface area contributed by atoms with Crippen LogP contribution in [0.4, 0.5) is 10.5 Å². The molecule has 1 heterocycles. The first-order valence-electron chi connectivity index (χ1n) is 8.13. The Morgan fingerprint density at radius 2 is 1.70 bits per heavy atom. The number of barbiturate groups is 1.